The van der Waals surface area contributed by atoms with Gasteiger partial charge in [-0.15, -0.1) is 11.8 Å². The minimum Gasteiger partial charge on any atom is -0.355 e. The fourth-order valence-corrected chi connectivity index (χ4v) is 3.81. The molecular formula is C18H18N2O2S. The molecule has 5 heteroatoms. The maximum atomic E-state index is 12.2. The fourth-order valence-electron chi connectivity index (χ4n) is 2.62. The second kappa shape index (κ2) is 6.87. The number of hydrogen-bond acceptors (Lipinski definition) is 3. The number of nitrogens with zero attached hydrogens (tertiary/aromatic N) is 1. The standard InChI is InChI=1S/C18H18N2O2S/c1-19-17(22)14-7-9-15(10-8-14)18-20(16(21)12-23-18)11-13-5-3-2-4-6-13/h2-10,18H,11-12H2,1H3,(H,19,22)/t18-/m0/s1. The van der Waals surface area contributed by atoms with Gasteiger partial charge in [-0.1, -0.05) is 42.5 Å². The third kappa shape index (κ3) is 3.40. The predicted molar refractivity (Wildman–Crippen MR) is 92.0 cm³/mol. The number of carbonyl (C=O) groups excluding carboxylic acids is 2. The van der Waals surface area contributed by atoms with Crippen molar-refractivity contribution in [2.75, 3.05) is 12.8 Å². The van der Waals surface area contributed by atoms with Gasteiger partial charge in [0, 0.05) is 19.2 Å². The summed E-state index contributed by atoms with van der Waals surface area (Å²) in [5, 5.41) is 2.61. The second-order valence-electron chi connectivity index (χ2n) is 5.37. The predicted octanol–water partition coefficient (Wildman–Crippen LogP) is 2.82. The lowest BCUT2D eigenvalue weighted by atomic mass is 10.1. The minimum absolute atomic E-state index is 0.00134. The summed E-state index contributed by atoms with van der Waals surface area (Å²) in [5.41, 5.74) is 2.79. The Balaban J connectivity index is 1.80. The molecule has 1 aliphatic rings. The molecular weight excluding hydrogens is 308 g/mol. The lowest BCUT2D eigenvalue weighted by Gasteiger charge is -2.24. The lowest BCUT2D eigenvalue weighted by Crippen LogP contribution is -2.27. The summed E-state index contributed by atoms with van der Waals surface area (Å²) in [6.45, 7) is 0.606. The molecule has 2 aromatic carbocycles. The smallest absolute Gasteiger partial charge is 0.251 e. The molecule has 2 amide bonds. The molecule has 1 fully saturated rings. The Hall–Kier alpha value is -2.27. The summed E-state index contributed by atoms with van der Waals surface area (Å²) < 4.78 is 0. The van der Waals surface area contributed by atoms with Crippen molar-refractivity contribution in [2.45, 2.75) is 11.9 Å². The van der Waals surface area contributed by atoms with Gasteiger partial charge in [-0.3, -0.25) is 9.59 Å². The largest absolute Gasteiger partial charge is 0.355 e. The number of carbonyl (C=O) groups is 2. The van der Waals surface area contributed by atoms with E-state index in [0.717, 1.165) is 11.1 Å². The van der Waals surface area contributed by atoms with Crippen LogP contribution < -0.4 is 5.32 Å². The highest BCUT2D eigenvalue weighted by Gasteiger charge is 2.32. The van der Waals surface area contributed by atoms with E-state index in [4.69, 9.17) is 0 Å². The molecule has 1 atom stereocenters. The molecule has 1 heterocycles. The molecule has 0 aromatic heterocycles. The van der Waals surface area contributed by atoms with Gasteiger partial charge in [0.2, 0.25) is 5.91 Å². The Morgan fingerprint density at radius 1 is 1.17 bits per heavy atom. The fraction of sp³-hybridized carbons (Fsp3) is 0.222. The molecule has 23 heavy (non-hydrogen) atoms. The van der Waals surface area contributed by atoms with Gasteiger partial charge in [-0.25, -0.2) is 0 Å². The van der Waals surface area contributed by atoms with Gasteiger partial charge < -0.3 is 10.2 Å². The summed E-state index contributed by atoms with van der Waals surface area (Å²) in [6.07, 6.45) is 0. The van der Waals surface area contributed by atoms with Crippen molar-refractivity contribution in [1.82, 2.24) is 10.2 Å². The molecule has 0 spiro atoms. The molecule has 1 aliphatic heterocycles. The Kier molecular flexibility index (Phi) is 4.67. The first kappa shape index (κ1) is 15.6. The van der Waals surface area contributed by atoms with E-state index >= 15 is 0 Å². The van der Waals surface area contributed by atoms with Crippen molar-refractivity contribution in [3.05, 3.63) is 71.3 Å². The van der Waals surface area contributed by atoms with E-state index < -0.39 is 0 Å². The van der Waals surface area contributed by atoms with Gasteiger partial charge in [0.1, 0.15) is 5.37 Å². The zero-order valence-electron chi connectivity index (χ0n) is 12.9. The zero-order chi connectivity index (χ0) is 16.2. The van der Waals surface area contributed by atoms with Crippen LogP contribution >= 0.6 is 11.8 Å². The van der Waals surface area contributed by atoms with Crippen LogP contribution in [0.5, 0.6) is 0 Å². The van der Waals surface area contributed by atoms with Crippen LogP contribution in [0.4, 0.5) is 0 Å². The number of amides is 2. The highest BCUT2D eigenvalue weighted by molar-refractivity contribution is 8.00. The first-order chi connectivity index (χ1) is 11.2. The molecule has 1 saturated heterocycles. The van der Waals surface area contributed by atoms with Crippen molar-refractivity contribution in [3.63, 3.8) is 0 Å². The van der Waals surface area contributed by atoms with Gasteiger partial charge in [-0.2, -0.15) is 0 Å². The number of rotatable bonds is 4. The van der Waals surface area contributed by atoms with Gasteiger partial charge in [0.25, 0.3) is 5.91 Å². The third-order valence-corrected chi connectivity index (χ3v) is 5.10. The van der Waals surface area contributed by atoms with Crippen molar-refractivity contribution in [2.24, 2.45) is 0 Å². The van der Waals surface area contributed by atoms with Crippen molar-refractivity contribution < 1.29 is 9.59 Å². The van der Waals surface area contributed by atoms with E-state index in [1.807, 2.05) is 47.4 Å². The van der Waals surface area contributed by atoms with Crippen LogP contribution in [-0.4, -0.2) is 29.5 Å². The van der Waals surface area contributed by atoms with Crippen molar-refractivity contribution >= 4 is 23.6 Å². The van der Waals surface area contributed by atoms with Gasteiger partial charge >= 0.3 is 0 Å². The SMILES string of the molecule is CNC(=O)c1ccc([C@@H]2SCC(=O)N2Cc2ccccc2)cc1. The summed E-state index contributed by atoms with van der Waals surface area (Å²) >= 11 is 1.63. The molecule has 0 bridgehead atoms. The first-order valence-corrected chi connectivity index (χ1v) is 8.51. The maximum Gasteiger partial charge on any atom is 0.251 e. The molecule has 0 unspecified atom stereocenters. The van der Waals surface area contributed by atoms with Crippen LogP contribution in [0.2, 0.25) is 0 Å². The normalized spacial score (nSPS) is 17.3. The number of benzene rings is 2. The number of thioether (sulfide) groups is 1. The Morgan fingerprint density at radius 3 is 2.52 bits per heavy atom. The van der Waals surface area contributed by atoms with Crippen LogP contribution in [0.1, 0.15) is 26.9 Å². The number of nitrogens with one attached hydrogen (secondary N) is 1. The van der Waals surface area contributed by atoms with Crippen molar-refractivity contribution in [1.29, 1.82) is 0 Å². The lowest BCUT2D eigenvalue weighted by molar-refractivity contribution is -0.128. The average molecular weight is 326 g/mol. The quantitative estimate of drug-likeness (QED) is 0.940. The van der Waals surface area contributed by atoms with Gasteiger partial charge in [-0.05, 0) is 23.3 Å². The minimum atomic E-state index is -0.104. The van der Waals surface area contributed by atoms with Gasteiger partial charge in [0.05, 0.1) is 5.75 Å². The van der Waals surface area contributed by atoms with Crippen molar-refractivity contribution in [3.8, 4) is 0 Å². The molecule has 0 saturated carbocycles. The Morgan fingerprint density at radius 2 is 1.87 bits per heavy atom. The van der Waals surface area contributed by atoms with Gasteiger partial charge in [0.15, 0.2) is 0 Å². The third-order valence-electron chi connectivity index (χ3n) is 3.85. The van der Waals surface area contributed by atoms with E-state index in [9.17, 15) is 9.59 Å². The molecule has 118 valence electrons. The average Bonchev–Trinajstić information content (AvgIpc) is 2.96. The molecule has 0 aliphatic carbocycles. The van der Waals surface area contributed by atoms with Crippen LogP contribution in [0.3, 0.4) is 0 Å². The summed E-state index contributed by atoms with van der Waals surface area (Å²) in [5.74, 6) is 0.543. The monoisotopic (exact) mass is 326 g/mol. The summed E-state index contributed by atoms with van der Waals surface area (Å²) in [7, 11) is 1.61. The molecule has 1 N–H and O–H groups in total. The van der Waals surface area contributed by atoms with Crippen LogP contribution in [0.25, 0.3) is 0 Å². The molecule has 0 radical (unpaired) electrons. The molecule has 4 nitrogen and oxygen atoms in total. The second-order valence-corrected chi connectivity index (χ2v) is 6.44. The summed E-state index contributed by atoms with van der Waals surface area (Å²) in [4.78, 5) is 25.7. The van der Waals surface area contributed by atoms with Crippen LogP contribution in [0, 0.1) is 0 Å². The Bertz CT molecular complexity index is 701. The van der Waals surface area contributed by atoms with E-state index in [2.05, 4.69) is 5.32 Å². The van der Waals surface area contributed by atoms with E-state index in [1.54, 1.807) is 30.9 Å². The maximum absolute atomic E-state index is 12.2. The highest BCUT2D eigenvalue weighted by Crippen LogP contribution is 2.39. The topological polar surface area (TPSA) is 49.4 Å². The van der Waals surface area contributed by atoms with E-state index in [-0.39, 0.29) is 17.2 Å². The highest BCUT2D eigenvalue weighted by atomic mass is 32.2. The van der Waals surface area contributed by atoms with E-state index in [1.165, 1.54) is 0 Å². The van der Waals surface area contributed by atoms with Crippen LogP contribution in [0.15, 0.2) is 54.6 Å². The first-order valence-electron chi connectivity index (χ1n) is 7.46. The number of hydrogen-bond donors (Lipinski definition) is 1. The van der Waals surface area contributed by atoms with E-state index in [0.29, 0.717) is 17.9 Å². The summed E-state index contributed by atoms with van der Waals surface area (Å²) in [6, 6.07) is 17.5. The molecule has 3 rings (SSSR count). The Labute approximate surface area is 139 Å². The molecule has 2 aromatic rings. The zero-order valence-corrected chi connectivity index (χ0v) is 13.7. The van der Waals surface area contributed by atoms with Crippen LogP contribution in [-0.2, 0) is 11.3 Å².